The molecule has 2 N–H and O–H groups in total. The van der Waals surface area contributed by atoms with Crippen LogP contribution in [-0.2, 0) is 11.3 Å². The molecule has 1 aromatic carbocycles. The Morgan fingerprint density at radius 3 is 2.79 bits per heavy atom. The van der Waals surface area contributed by atoms with Gasteiger partial charge < -0.3 is 9.73 Å². The summed E-state index contributed by atoms with van der Waals surface area (Å²) in [4.78, 5) is 16.2. The molecule has 128 valence electrons. The Kier molecular flexibility index (Phi) is 4.56. The third kappa shape index (κ3) is 3.73. The van der Waals surface area contributed by atoms with E-state index in [2.05, 4.69) is 15.6 Å². The van der Waals surface area contributed by atoms with Crippen molar-refractivity contribution >= 4 is 17.5 Å². The van der Waals surface area contributed by atoms with E-state index in [1.807, 2.05) is 12.1 Å². The number of benzene rings is 1. The molecule has 2 aromatic rings. The minimum atomic E-state index is -2.84. The molecule has 1 aromatic heterocycles. The van der Waals surface area contributed by atoms with Crippen LogP contribution >= 0.6 is 11.6 Å². The second-order valence-corrected chi connectivity index (χ2v) is 6.18. The Morgan fingerprint density at radius 2 is 2.17 bits per heavy atom. The summed E-state index contributed by atoms with van der Waals surface area (Å²) < 4.78 is 31.9. The molecule has 3 rings (SSSR count). The summed E-state index contributed by atoms with van der Waals surface area (Å²) in [7, 11) is 0. The number of nitrogens with zero attached hydrogens (tertiary/aromatic N) is 1. The smallest absolute Gasteiger partial charge is 0.262 e. The molecule has 0 bridgehead atoms. The van der Waals surface area contributed by atoms with Gasteiger partial charge in [0.05, 0.1) is 24.8 Å². The molecule has 0 saturated carbocycles. The lowest BCUT2D eigenvalue weighted by atomic mass is 10.1. The molecular weight excluding hydrogens is 340 g/mol. The standard InChI is InChI=1S/C16H16ClF2N3O2/c1-9-14(10-2-4-11(17)5-3-10)24-13(22-9)7-20-15(23)12-6-16(18,19)8-21-12/h2-5,12,21H,6-8H2,1H3,(H,20,23). The highest BCUT2D eigenvalue weighted by atomic mass is 35.5. The van der Waals surface area contributed by atoms with Crippen LogP contribution in [0.5, 0.6) is 0 Å². The van der Waals surface area contributed by atoms with Crippen LogP contribution in [0.15, 0.2) is 28.7 Å². The molecule has 24 heavy (non-hydrogen) atoms. The van der Waals surface area contributed by atoms with Gasteiger partial charge in [-0.25, -0.2) is 13.8 Å². The van der Waals surface area contributed by atoms with Crippen LogP contribution in [0.4, 0.5) is 8.78 Å². The fourth-order valence-corrected chi connectivity index (χ4v) is 2.71. The monoisotopic (exact) mass is 355 g/mol. The Balaban J connectivity index is 1.63. The summed E-state index contributed by atoms with van der Waals surface area (Å²) in [5.74, 6) is -2.43. The molecule has 1 saturated heterocycles. The van der Waals surface area contributed by atoms with Crippen molar-refractivity contribution in [2.24, 2.45) is 0 Å². The van der Waals surface area contributed by atoms with Crippen LogP contribution < -0.4 is 10.6 Å². The maximum Gasteiger partial charge on any atom is 0.262 e. The first kappa shape index (κ1) is 16.9. The number of aryl methyl sites for hydroxylation is 1. The van der Waals surface area contributed by atoms with E-state index in [-0.39, 0.29) is 6.54 Å². The predicted octanol–water partition coefficient (Wildman–Crippen LogP) is 2.92. The predicted molar refractivity (Wildman–Crippen MR) is 84.9 cm³/mol. The van der Waals surface area contributed by atoms with E-state index in [0.29, 0.717) is 22.4 Å². The van der Waals surface area contributed by atoms with E-state index in [9.17, 15) is 13.6 Å². The summed E-state index contributed by atoms with van der Waals surface area (Å²) in [6.07, 6.45) is -0.501. The van der Waals surface area contributed by atoms with Gasteiger partial charge in [0.2, 0.25) is 11.8 Å². The van der Waals surface area contributed by atoms with Crippen LogP contribution in [-0.4, -0.2) is 29.4 Å². The molecule has 1 amide bonds. The fraction of sp³-hybridized carbons (Fsp3) is 0.375. The number of oxazole rings is 1. The van der Waals surface area contributed by atoms with Gasteiger partial charge >= 0.3 is 0 Å². The number of aromatic nitrogens is 1. The van der Waals surface area contributed by atoms with Gasteiger partial charge in [0.25, 0.3) is 5.92 Å². The zero-order valence-corrected chi connectivity index (χ0v) is 13.7. The van der Waals surface area contributed by atoms with Gasteiger partial charge in [0.15, 0.2) is 5.76 Å². The third-order valence-corrected chi connectivity index (χ3v) is 4.04. The van der Waals surface area contributed by atoms with Gasteiger partial charge in [-0.1, -0.05) is 11.6 Å². The van der Waals surface area contributed by atoms with Crippen molar-refractivity contribution in [1.82, 2.24) is 15.6 Å². The average molecular weight is 356 g/mol. The summed E-state index contributed by atoms with van der Waals surface area (Å²) in [5, 5.41) is 5.69. The Morgan fingerprint density at radius 1 is 1.46 bits per heavy atom. The highest BCUT2D eigenvalue weighted by molar-refractivity contribution is 6.30. The number of carbonyl (C=O) groups is 1. The number of hydrogen-bond acceptors (Lipinski definition) is 4. The summed E-state index contributed by atoms with van der Waals surface area (Å²) in [6, 6.07) is 6.20. The van der Waals surface area contributed by atoms with Crippen LogP contribution in [0.2, 0.25) is 5.02 Å². The van der Waals surface area contributed by atoms with Crippen LogP contribution in [0.1, 0.15) is 18.0 Å². The van der Waals surface area contributed by atoms with Crippen molar-refractivity contribution < 1.29 is 18.0 Å². The normalized spacial score (nSPS) is 19.4. The number of carbonyl (C=O) groups excluding carboxylic acids is 1. The lowest BCUT2D eigenvalue weighted by Crippen LogP contribution is -2.40. The summed E-state index contributed by atoms with van der Waals surface area (Å²) >= 11 is 5.86. The first-order valence-electron chi connectivity index (χ1n) is 7.45. The van der Waals surface area contributed by atoms with Crippen molar-refractivity contribution in [2.45, 2.75) is 31.9 Å². The highest BCUT2D eigenvalue weighted by Gasteiger charge is 2.42. The lowest BCUT2D eigenvalue weighted by molar-refractivity contribution is -0.123. The SMILES string of the molecule is Cc1nc(CNC(=O)C2CC(F)(F)CN2)oc1-c1ccc(Cl)cc1. The zero-order valence-electron chi connectivity index (χ0n) is 12.9. The van der Waals surface area contributed by atoms with Crippen LogP contribution in [0.25, 0.3) is 11.3 Å². The van der Waals surface area contributed by atoms with Gasteiger partial charge in [-0.3, -0.25) is 10.1 Å². The maximum absolute atomic E-state index is 13.1. The van der Waals surface area contributed by atoms with E-state index >= 15 is 0 Å². The molecule has 8 heteroatoms. The molecule has 1 aliphatic rings. The number of hydrogen-bond donors (Lipinski definition) is 2. The first-order chi connectivity index (χ1) is 11.3. The number of rotatable bonds is 4. The Bertz CT molecular complexity index is 746. The minimum Gasteiger partial charge on any atom is -0.438 e. The fourth-order valence-electron chi connectivity index (χ4n) is 2.58. The average Bonchev–Trinajstić information content (AvgIpc) is 3.08. The van der Waals surface area contributed by atoms with E-state index in [1.54, 1.807) is 19.1 Å². The molecule has 0 spiro atoms. The van der Waals surface area contributed by atoms with Crippen molar-refractivity contribution in [1.29, 1.82) is 0 Å². The van der Waals surface area contributed by atoms with E-state index in [0.717, 1.165) is 5.56 Å². The quantitative estimate of drug-likeness (QED) is 0.885. The molecule has 1 atom stereocenters. The number of nitrogens with one attached hydrogen (secondary N) is 2. The highest BCUT2D eigenvalue weighted by Crippen LogP contribution is 2.27. The molecule has 2 heterocycles. The minimum absolute atomic E-state index is 0.0387. The maximum atomic E-state index is 13.1. The summed E-state index contributed by atoms with van der Waals surface area (Å²) in [6.45, 7) is 1.35. The number of amides is 1. The van der Waals surface area contributed by atoms with Gasteiger partial charge in [-0.2, -0.15) is 0 Å². The van der Waals surface area contributed by atoms with Crippen LogP contribution in [0, 0.1) is 6.92 Å². The van der Waals surface area contributed by atoms with Crippen molar-refractivity contribution in [2.75, 3.05) is 6.54 Å². The number of alkyl halides is 2. The van der Waals surface area contributed by atoms with Gasteiger partial charge in [-0.15, -0.1) is 0 Å². The Labute approximate surface area is 142 Å². The third-order valence-electron chi connectivity index (χ3n) is 3.79. The van der Waals surface area contributed by atoms with Crippen LogP contribution in [0.3, 0.4) is 0 Å². The largest absolute Gasteiger partial charge is 0.438 e. The zero-order chi connectivity index (χ0) is 17.3. The Hall–Kier alpha value is -1.99. The van der Waals surface area contributed by atoms with Crippen molar-refractivity contribution in [3.8, 4) is 11.3 Å². The van der Waals surface area contributed by atoms with Gasteiger partial charge in [0.1, 0.15) is 0 Å². The molecule has 1 aliphatic heterocycles. The van der Waals surface area contributed by atoms with Gasteiger partial charge in [0, 0.05) is 17.0 Å². The molecule has 0 radical (unpaired) electrons. The van der Waals surface area contributed by atoms with E-state index < -0.39 is 30.8 Å². The van der Waals surface area contributed by atoms with E-state index in [4.69, 9.17) is 16.0 Å². The van der Waals surface area contributed by atoms with E-state index in [1.165, 1.54) is 0 Å². The molecular formula is C16H16ClF2N3O2. The second-order valence-electron chi connectivity index (χ2n) is 5.74. The lowest BCUT2D eigenvalue weighted by Gasteiger charge is -2.09. The second kappa shape index (κ2) is 6.49. The van der Waals surface area contributed by atoms with Gasteiger partial charge in [-0.05, 0) is 31.2 Å². The molecule has 5 nitrogen and oxygen atoms in total. The topological polar surface area (TPSA) is 67.2 Å². The van der Waals surface area contributed by atoms with Crippen molar-refractivity contribution in [3.05, 3.63) is 40.9 Å². The molecule has 0 aliphatic carbocycles. The molecule has 1 unspecified atom stereocenters. The summed E-state index contributed by atoms with van der Waals surface area (Å²) in [5.41, 5.74) is 1.49. The molecule has 1 fully saturated rings. The first-order valence-corrected chi connectivity index (χ1v) is 7.83. The number of halogens is 3. The van der Waals surface area contributed by atoms with Crippen molar-refractivity contribution in [3.63, 3.8) is 0 Å².